The van der Waals surface area contributed by atoms with Crippen LogP contribution in [-0.4, -0.2) is 12.3 Å². The molecule has 0 spiro atoms. The van der Waals surface area contributed by atoms with Gasteiger partial charge >= 0.3 is 0 Å². The number of ketones is 1. The molecule has 0 aromatic rings. The van der Waals surface area contributed by atoms with Crippen LogP contribution >= 0.6 is 0 Å². The van der Waals surface area contributed by atoms with E-state index in [-0.39, 0.29) is 0 Å². The van der Waals surface area contributed by atoms with E-state index in [9.17, 15) is 4.79 Å². The van der Waals surface area contributed by atoms with Crippen LogP contribution in [0, 0.1) is 17.8 Å². The number of carbonyl (C=O) groups excluding carboxylic acids is 1. The van der Waals surface area contributed by atoms with Crippen LogP contribution in [-0.2, 0) is 4.79 Å². The summed E-state index contributed by atoms with van der Waals surface area (Å²) >= 11 is 0. The van der Waals surface area contributed by atoms with E-state index in [0.717, 1.165) is 12.8 Å². The van der Waals surface area contributed by atoms with Gasteiger partial charge in [-0.25, -0.2) is 0 Å². The van der Waals surface area contributed by atoms with Gasteiger partial charge in [-0.3, -0.25) is 4.79 Å². The Morgan fingerprint density at radius 3 is 2.67 bits per heavy atom. The van der Waals surface area contributed by atoms with Crippen LogP contribution in [0.4, 0.5) is 0 Å². The Labute approximate surface area is 54.4 Å². The second-order valence-corrected chi connectivity index (χ2v) is 3.17. The SMILES string of the molecule is NC[C@H]1CC(=O)[C@@H]2C[C@H]12. The summed E-state index contributed by atoms with van der Waals surface area (Å²) in [4.78, 5) is 10.9. The van der Waals surface area contributed by atoms with Gasteiger partial charge in [-0.15, -0.1) is 0 Å². The Hall–Kier alpha value is -0.370. The highest BCUT2D eigenvalue weighted by molar-refractivity contribution is 5.86. The Balaban J connectivity index is 2.08. The van der Waals surface area contributed by atoms with Crippen molar-refractivity contribution in [1.82, 2.24) is 0 Å². The quantitative estimate of drug-likeness (QED) is 0.543. The third kappa shape index (κ3) is 0.628. The first kappa shape index (κ1) is 5.42. The first-order valence-corrected chi connectivity index (χ1v) is 3.55. The molecule has 0 aromatic heterocycles. The molecule has 2 rings (SSSR count). The number of Topliss-reactive ketones (excluding diaryl/α,β-unsaturated/α-hetero) is 1. The van der Waals surface area contributed by atoms with E-state index in [1.165, 1.54) is 0 Å². The molecular weight excluding hydrogens is 114 g/mol. The number of rotatable bonds is 1. The highest BCUT2D eigenvalue weighted by atomic mass is 16.1. The van der Waals surface area contributed by atoms with E-state index >= 15 is 0 Å². The number of carbonyl (C=O) groups is 1. The third-order valence-corrected chi connectivity index (χ3v) is 2.62. The number of fused-ring (bicyclic) bond motifs is 1. The van der Waals surface area contributed by atoms with Gasteiger partial charge in [-0.1, -0.05) is 0 Å². The molecule has 9 heavy (non-hydrogen) atoms. The lowest BCUT2D eigenvalue weighted by Crippen LogP contribution is -2.14. The van der Waals surface area contributed by atoms with Crippen LogP contribution in [0.5, 0.6) is 0 Å². The summed E-state index contributed by atoms with van der Waals surface area (Å²) in [5.41, 5.74) is 5.46. The predicted octanol–water partition coefficient (Wildman–Crippen LogP) is 0.170. The fourth-order valence-corrected chi connectivity index (χ4v) is 1.93. The van der Waals surface area contributed by atoms with Gasteiger partial charge in [-0.05, 0) is 24.8 Å². The smallest absolute Gasteiger partial charge is 0.136 e. The van der Waals surface area contributed by atoms with E-state index in [1.807, 2.05) is 0 Å². The van der Waals surface area contributed by atoms with E-state index in [1.54, 1.807) is 0 Å². The van der Waals surface area contributed by atoms with Gasteiger partial charge in [0.1, 0.15) is 5.78 Å². The lowest BCUT2D eigenvalue weighted by atomic mass is 10.0. The molecule has 0 heterocycles. The normalized spacial score (nSPS) is 47.2. The average Bonchev–Trinajstić information content (AvgIpc) is 2.56. The first-order chi connectivity index (χ1) is 4.33. The van der Waals surface area contributed by atoms with Gasteiger partial charge in [-0.2, -0.15) is 0 Å². The van der Waals surface area contributed by atoms with Crippen molar-refractivity contribution in [1.29, 1.82) is 0 Å². The summed E-state index contributed by atoms with van der Waals surface area (Å²) in [6.45, 7) is 0.715. The lowest BCUT2D eigenvalue weighted by molar-refractivity contribution is -0.119. The zero-order chi connectivity index (χ0) is 6.43. The van der Waals surface area contributed by atoms with Gasteiger partial charge in [0.25, 0.3) is 0 Å². The molecule has 2 nitrogen and oxygen atoms in total. The molecule has 2 saturated carbocycles. The van der Waals surface area contributed by atoms with E-state index < -0.39 is 0 Å². The molecule has 0 aromatic carbocycles. The monoisotopic (exact) mass is 125 g/mol. The molecule has 2 fully saturated rings. The molecular formula is C7H11NO. The molecule has 0 radical (unpaired) electrons. The van der Waals surface area contributed by atoms with Crippen LogP contribution in [0.3, 0.4) is 0 Å². The molecule has 0 amide bonds. The Morgan fingerprint density at radius 1 is 1.67 bits per heavy atom. The maximum Gasteiger partial charge on any atom is 0.136 e. The van der Waals surface area contributed by atoms with Crippen LogP contribution < -0.4 is 5.73 Å². The van der Waals surface area contributed by atoms with Crippen LogP contribution in [0.15, 0.2) is 0 Å². The minimum Gasteiger partial charge on any atom is -0.330 e. The molecule has 2 aliphatic rings. The van der Waals surface area contributed by atoms with E-state index in [4.69, 9.17) is 5.73 Å². The molecule has 2 N–H and O–H groups in total. The van der Waals surface area contributed by atoms with Gasteiger partial charge in [0.15, 0.2) is 0 Å². The summed E-state index contributed by atoms with van der Waals surface area (Å²) in [7, 11) is 0. The zero-order valence-corrected chi connectivity index (χ0v) is 5.34. The van der Waals surface area contributed by atoms with Crippen molar-refractivity contribution < 1.29 is 4.79 Å². The Morgan fingerprint density at radius 2 is 2.44 bits per heavy atom. The highest BCUT2D eigenvalue weighted by Gasteiger charge is 2.53. The van der Waals surface area contributed by atoms with Gasteiger partial charge in [0.05, 0.1) is 0 Å². The minimum absolute atomic E-state index is 0.443. The fraction of sp³-hybridized carbons (Fsp3) is 0.857. The van der Waals surface area contributed by atoms with Gasteiger partial charge in [0.2, 0.25) is 0 Å². The van der Waals surface area contributed by atoms with E-state index in [2.05, 4.69) is 0 Å². The zero-order valence-electron chi connectivity index (χ0n) is 5.34. The second-order valence-electron chi connectivity index (χ2n) is 3.17. The van der Waals surface area contributed by atoms with Crippen molar-refractivity contribution in [3.8, 4) is 0 Å². The van der Waals surface area contributed by atoms with Crippen molar-refractivity contribution in [3.05, 3.63) is 0 Å². The molecule has 2 aliphatic carbocycles. The predicted molar refractivity (Wildman–Crippen MR) is 33.8 cm³/mol. The summed E-state index contributed by atoms with van der Waals surface area (Å²) in [6, 6.07) is 0. The summed E-state index contributed by atoms with van der Waals surface area (Å²) in [6.07, 6.45) is 1.91. The Bertz CT molecular complexity index is 155. The summed E-state index contributed by atoms with van der Waals surface area (Å²) in [5, 5.41) is 0. The maximum absolute atomic E-state index is 10.9. The van der Waals surface area contributed by atoms with Crippen molar-refractivity contribution in [2.45, 2.75) is 12.8 Å². The third-order valence-electron chi connectivity index (χ3n) is 2.62. The van der Waals surface area contributed by atoms with Crippen molar-refractivity contribution in [2.24, 2.45) is 23.5 Å². The van der Waals surface area contributed by atoms with Crippen LogP contribution in [0.25, 0.3) is 0 Å². The highest BCUT2D eigenvalue weighted by Crippen LogP contribution is 2.52. The molecule has 0 saturated heterocycles. The minimum atomic E-state index is 0.443. The molecule has 0 bridgehead atoms. The standard InChI is InChI=1S/C7H11NO/c8-3-4-1-7(9)6-2-5(4)6/h4-6H,1-3,8H2/t4-,5-,6-/m1/s1. The summed E-state index contributed by atoms with van der Waals surface area (Å²) in [5.74, 6) is 2.15. The molecule has 50 valence electrons. The second kappa shape index (κ2) is 1.57. The van der Waals surface area contributed by atoms with Crippen LogP contribution in [0.2, 0.25) is 0 Å². The largest absolute Gasteiger partial charge is 0.330 e. The van der Waals surface area contributed by atoms with Crippen molar-refractivity contribution in [3.63, 3.8) is 0 Å². The number of nitrogens with two attached hydrogens (primary N) is 1. The maximum atomic E-state index is 10.9. The van der Waals surface area contributed by atoms with Gasteiger partial charge < -0.3 is 5.73 Å². The van der Waals surface area contributed by atoms with Crippen molar-refractivity contribution in [2.75, 3.05) is 6.54 Å². The molecule has 0 aliphatic heterocycles. The molecule has 3 atom stereocenters. The Kier molecular flexibility index (Phi) is 0.943. The average molecular weight is 125 g/mol. The molecule has 2 heteroatoms. The van der Waals surface area contributed by atoms with Gasteiger partial charge in [0, 0.05) is 12.3 Å². The topological polar surface area (TPSA) is 43.1 Å². The number of hydrogen-bond acceptors (Lipinski definition) is 2. The summed E-state index contributed by atoms with van der Waals surface area (Å²) < 4.78 is 0. The van der Waals surface area contributed by atoms with Crippen molar-refractivity contribution >= 4 is 5.78 Å². The first-order valence-electron chi connectivity index (χ1n) is 3.55. The van der Waals surface area contributed by atoms with Crippen LogP contribution in [0.1, 0.15) is 12.8 Å². The number of hydrogen-bond donors (Lipinski definition) is 1. The fourth-order valence-electron chi connectivity index (χ4n) is 1.93. The lowest BCUT2D eigenvalue weighted by Gasteiger charge is -2.03. The van der Waals surface area contributed by atoms with E-state index in [0.29, 0.717) is 30.1 Å². The molecule has 0 unspecified atom stereocenters.